The van der Waals surface area contributed by atoms with Gasteiger partial charge < -0.3 is 4.57 Å². The molecule has 0 saturated carbocycles. The molecule has 0 spiro atoms. The van der Waals surface area contributed by atoms with Crippen LogP contribution in [0.4, 0.5) is 0 Å². The van der Waals surface area contributed by atoms with Gasteiger partial charge in [0.25, 0.3) is 0 Å². The molecule has 4 rings (SSSR count). The van der Waals surface area contributed by atoms with Crippen molar-refractivity contribution in [1.82, 2.24) is 14.5 Å². The third kappa shape index (κ3) is 2.27. The molecule has 0 aliphatic rings. The second-order valence-electron chi connectivity index (χ2n) is 5.76. The van der Waals surface area contributed by atoms with E-state index >= 15 is 0 Å². The Morgan fingerprint density at radius 2 is 1.83 bits per heavy atom. The molecule has 0 unspecified atom stereocenters. The van der Waals surface area contributed by atoms with E-state index in [1.807, 2.05) is 31.3 Å². The summed E-state index contributed by atoms with van der Waals surface area (Å²) in [6.07, 6.45) is 3.64. The monoisotopic (exact) mass is 355 g/mol. The quantitative estimate of drug-likeness (QED) is 0.420. The van der Waals surface area contributed by atoms with Gasteiger partial charge in [0.2, 0.25) is 0 Å². The molecule has 0 atom stereocenters. The number of benzene rings is 1. The zero-order chi connectivity index (χ0) is 16.8. The Morgan fingerprint density at radius 3 is 2.54 bits per heavy atom. The van der Waals surface area contributed by atoms with Crippen molar-refractivity contribution in [2.24, 2.45) is 0 Å². The molecule has 1 aromatic carbocycles. The van der Waals surface area contributed by atoms with Crippen LogP contribution in [0.2, 0.25) is 10.2 Å². The van der Waals surface area contributed by atoms with Gasteiger partial charge in [-0.15, -0.1) is 0 Å². The van der Waals surface area contributed by atoms with Crippen molar-refractivity contribution in [2.75, 3.05) is 0 Å². The van der Waals surface area contributed by atoms with E-state index in [-0.39, 0.29) is 0 Å². The van der Waals surface area contributed by atoms with Crippen molar-refractivity contribution < 1.29 is 0 Å². The summed E-state index contributed by atoms with van der Waals surface area (Å²) < 4.78 is 2.30. The molecule has 24 heavy (non-hydrogen) atoms. The minimum absolute atomic E-state index is 0.480. The Morgan fingerprint density at radius 1 is 1.00 bits per heavy atom. The van der Waals surface area contributed by atoms with E-state index in [2.05, 4.69) is 27.5 Å². The zero-order valence-corrected chi connectivity index (χ0v) is 14.9. The van der Waals surface area contributed by atoms with E-state index in [1.165, 1.54) is 5.39 Å². The molecule has 3 nitrogen and oxygen atoms in total. The van der Waals surface area contributed by atoms with E-state index in [0.29, 0.717) is 10.2 Å². The largest absolute Gasteiger partial charge is 0.339 e. The van der Waals surface area contributed by atoms with Crippen LogP contribution < -0.4 is 0 Å². The lowest BCUT2D eigenvalue weighted by molar-refractivity contribution is 0.822. The highest BCUT2D eigenvalue weighted by atomic mass is 35.5. The summed E-state index contributed by atoms with van der Waals surface area (Å²) in [4.78, 5) is 8.68. The number of fused-ring (bicyclic) bond motifs is 3. The lowest BCUT2D eigenvalue weighted by Crippen LogP contribution is -1.97. The van der Waals surface area contributed by atoms with Gasteiger partial charge in [-0.05, 0) is 44.2 Å². The number of rotatable bonds is 2. The smallest absolute Gasteiger partial charge is 0.129 e. The third-order valence-corrected chi connectivity index (χ3v) is 4.81. The summed E-state index contributed by atoms with van der Waals surface area (Å²) in [6.45, 7) is 5.03. The fraction of sp³-hybridized carbons (Fsp3) is 0.158. The first kappa shape index (κ1) is 15.4. The number of aryl methyl sites for hydroxylation is 2. The summed E-state index contributed by atoms with van der Waals surface area (Å²) in [5.74, 6) is 0. The molecule has 4 aromatic rings. The average Bonchev–Trinajstić information content (AvgIpc) is 2.90. The van der Waals surface area contributed by atoms with E-state index in [4.69, 9.17) is 23.2 Å². The van der Waals surface area contributed by atoms with Crippen LogP contribution in [-0.2, 0) is 6.54 Å². The number of pyridine rings is 2. The highest BCUT2D eigenvalue weighted by molar-refractivity contribution is 6.33. The highest BCUT2D eigenvalue weighted by Crippen LogP contribution is 2.38. The van der Waals surface area contributed by atoms with Crippen LogP contribution in [-0.4, -0.2) is 14.5 Å². The maximum atomic E-state index is 6.43. The van der Waals surface area contributed by atoms with Crippen molar-refractivity contribution in [2.45, 2.75) is 20.4 Å². The topological polar surface area (TPSA) is 30.7 Å². The van der Waals surface area contributed by atoms with E-state index < -0.39 is 0 Å². The van der Waals surface area contributed by atoms with Gasteiger partial charge in [-0.25, -0.2) is 4.98 Å². The van der Waals surface area contributed by atoms with Gasteiger partial charge >= 0.3 is 0 Å². The van der Waals surface area contributed by atoms with Crippen molar-refractivity contribution in [3.63, 3.8) is 0 Å². The van der Waals surface area contributed by atoms with Crippen LogP contribution in [0.3, 0.4) is 0 Å². The van der Waals surface area contributed by atoms with Gasteiger partial charge in [0.05, 0.1) is 16.7 Å². The molecular formula is C19H15Cl2N3. The zero-order valence-electron chi connectivity index (χ0n) is 13.3. The molecular weight excluding hydrogens is 341 g/mol. The maximum absolute atomic E-state index is 6.43. The molecule has 0 bridgehead atoms. The van der Waals surface area contributed by atoms with E-state index in [9.17, 15) is 0 Å². The summed E-state index contributed by atoms with van der Waals surface area (Å²) in [5.41, 5.74) is 5.37. The molecule has 3 aromatic heterocycles. The summed E-state index contributed by atoms with van der Waals surface area (Å²) in [5, 5.41) is 3.49. The first-order valence-corrected chi connectivity index (χ1v) is 8.54. The first-order chi connectivity index (χ1) is 11.6. The van der Waals surface area contributed by atoms with Gasteiger partial charge in [-0.3, -0.25) is 4.98 Å². The lowest BCUT2D eigenvalue weighted by atomic mass is 10.0. The fourth-order valence-corrected chi connectivity index (χ4v) is 3.73. The SMILES string of the molecule is CCn1c2c(-c3ccc(Cl)nc3)cc(Cl)cc2c2ccnc(C)c21. The summed E-state index contributed by atoms with van der Waals surface area (Å²) in [6, 6.07) is 9.84. The number of hydrogen-bond acceptors (Lipinski definition) is 2. The molecule has 3 heterocycles. The van der Waals surface area contributed by atoms with Crippen molar-refractivity contribution in [1.29, 1.82) is 0 Å². The molecule has 0 radical (unpaired) electrons. The van der Waals surface area contributed by atoms with Crippen LogP contribution in [0, 0.1) is 6.92 Å². The average molecular weight is 356 g/mol. The lowest BCUT2D eigenvalue weighted by Gasteiger charge is -2.10. The Hall–Kier alpha value is -2.10. The second-order valence-corrected chi connectivity index (χ2v) is 6.58. The molecule has 120 valence electrons. The molecule has 0 amide bonds. The van der Waals surface area contributed by atoms with Crippen LogP contribution in [0.5, 0.6) is 0 Å². The van der Waals surface area contributed by atoms with Crippen LogP contribution in [0.15, 0.2) is 42.7 Å². The van der Waals surface area contributed by atoms with Crippen LogP contribution in [0.25, 0.3) is 32.9 Å². The fourth-order valence-electron chi connectivity index (χ4n) is 3.40. The van der Waals surface area contributed by atoms with Crippen LogP contribution >= 0.6 is 23.2 Å². The minimum Gasteiger partial charge on any atom is -0.339 e. The van der Waals surface area contributed by atoms with Gasteiger partial charge in [-0.2, -0.15) is 0 Å². The van der Waals surface area contributed by atoms with Crippen molar-refractivity contribution in [3.05, 3.63) is 58.6 Å². The predicted octanol–water partition coefficient (Wildman–Crippen LogP) is 5.89. The summed E-state index contributed by atoms with van der Waals surface area (Å²) in [7, 11) is 0. The second kappa shape index (κ2) is 5.76. The van der Waals surface area contributed by atoms with Crippen molar-refractivity contribution >= 4 is 45.0 Å². The molecule has 0 saturated heterocycles. The van der Waals surface area contributed by atoms with Crippen molar-refractivity contribution in [3.8, 4) is 11.1 Å². The van der Waals surface area contributed by atoms with Crippen LogP contribution in [0.1, 0.15) is 12.6 Å². The number of nitrogens with zero attached hydrogens (tertiary/aromatic N) is 3. The third-order valence-electron chi connectivity index (χ3n) is 4.37. The first-order valence-electron chi connectivity index (χ1n) is 7.79. The predicted molar refractivity (Wildman–Crippen MR) is 101 cm³/mol. The molecule has 0 aliphatic heterocycles. The standard InChI is InChI=1S/C19H15Cl2N3/c1-3-24-18-11(2)22-7-6-14(18)16-9-13(20)8-15(19(16)24)12-4-5-17(21)23-10-12/h4-10H,3H2,1-2H3. The molecule has 0 N–H and O–H groups in total. The molecule has 5 heteroatoms. The Balaban J connectivity index is 2.20. The van der Waals surface area contributed by atoms with Gasteiger partial charge in [0.1, 0.15) is 5.15 Å². The van der Waals surface area contributed by atoms with Gasteiger partial charge in [-0.1, -0.05) is 23.2 Å². The van der Waals surface area contributed by atoms with E-state index in [0.717, 1.165) is 39.8 Å². The van der Waals surface area contributed by atoms with Gasteiger partial charge in [0, 0.05) is 45.9 Å². The highest BCUT2D eigenvalue weighted by Gasteiger charge is 2.17. The maximum Gasteiger partial charge on any atom is 0.129 e. The molecule has 0 aliphatic carbocycles. The Bertz CT molecular complexity index is 1070. The number of hydrogen-bond donors (Lipinski definition) is 0. The minimum atomic E-state index is 0.480. The van der Waals surface area contributed by atoms with Gasteiger partial charge in [0.15, 0.2) is 0 Å². The Labute approximate surface area is 149 Å². The number of aromatic nitrogens is 3. The number of halogens is 2. The molecule has 0 fully saturated rings. The summed E-state index contributed by atoms with van der Waals surface area (Å²) >= 11 is 12.4. The normalized spacial score (nSPS) is 11.5. The Kier molecular flexibility index (Phi) is 3.70. The van der Waals surface area contributed by atoms with E-state index in [1.54, 1.807) is 12.3 Å².